The van der Waals surface area contributed by atoms with E-state index in [-0.39, 0.29) is 5.91 Å². The second-order valence-electron chi connectivity index (χ2n) is 6.26. The first-order valence-electron chi connectivity index (χ1n) is 8.76. The number of hydrogen-bond acceptors (Lipinski definition) is 3. The van der Waals surface area contributed by atoms with Gasteiger partial charge < -0.3 is 9.30 Å². The third kappa shape index (κ3) is 3.77. The third-order valence-corrected chi connectivity index (χ3v) is 4.12. The number of fused-ring (bicyclic) bond motifs is 1. The average Bonchev–Trinajstić information content (AvgIpc) is 3.02. The maximum Gasteiger partial charge on any atom is 0.271 e. The van der Waals surface area contributed by atoms with E-state index in [0.29, 0.717) is 18.2 Å². The van der Waals surface area contributed by atoms with Gasteiger partial charge in [-0.1, -0.05) is 18.2 Å². The smallest absolute Gasteiger partial charge is 0.271 e. The van der Waals surface area contributed by atoms with Crippen molar-refractivity contribution in [3.8, 4) is 5.75 Å². The van der Waals surface area contributed by atoms with Crippen molar-refractivity contribution in [2.75, 3.05) is 6.61 Å². The van der Waals surface area contributed by atoms with E-state index in [4.69, 9.17) is 4.74 Å². The quantitative estimate of drug-likeness (QED) is 0.530. The second kappa shape index (κ2) is 7.87. The first kappa shape index (κ1) is 17.7. The van der Waals surface area contributed by atoms with E-state index in [1.165, 1.54) is 0 Å². The van der Waals surface area contributed by atoms with Gasteiger partial charge in [-0.25, -0.2) is 5.43 Å². The number of rotatable bonds is 6. The summed E-state index contributed by atoms with van der Waals surface area (Å²) < 4.78 is 7.58. The molecule has 2 aromatic carbocycles. The summed E-state index contributed by atoms with van der Waals surface area (Å²) in [4.78, 5) is 12.2. The van der Waals surface area contributed by atoms with Gasteiger partial charge in [0.15, 0.2) is 0 Å². The van der Waals surface area contributed by atoms with E-state index in [2.05, 4.69) is 47.3 Å². The van der Waals surface area contributed by atoms with E-state index in [9.17, 15) is 4.79 Å². The molecule has 0 aliphatic rings. The molecule has 1 N–H and O–H groups in total. The second-order valence-corrected chi connectivity index (χ2v) is 6.26. The van der Waals surface area contributed by atoms with Gasteiger partial charge >= 0.3 is 0 Å². The minimum absolute atomic E-state index is 0.253. The molecule has 0 aliphatic carbocycles. The molecule has 3 rings (SSSR count). The zero-order valence-corrected chi connectivity index (χ0v) is 15.3. The Hall–Kier alpha value is -3.08. The van der Waals surface area contributed by atoms with Crippen molar-refractivity contribution < 1.29 is 9.53 Å². The van der Waals surface area contributed by atoms with Crippen LogP contribution in [0, 0.1) is 0 Å². The van der Waals surface area contributed by atoms with Gasteiger partial charge in [0.25, 0.3) is 5.91 Å². The molecule has 0 bridgehead atoms. The molecular weight excluding hydrogens is 326 g/mol. The highest BCUT2D eigenvalue weighted by atomic mass is 16.5. The lowest BCUT2D eigenvalue weighted by molar-refractivity contribution is 0.0955. The van der Waals surface area contributed by atoms with Gasteiger partial charge in [-0.2, -0.15) is 5.10 Å². The van der Waals surface area contributed by atoms with Crippen LogP contribution in [-0.4, -0.2) is 23.3 Å². The molecule has 0 radical (unpaired) electrons. The summed E-state index contributed by atoms with van der Waals surface area (Å²) in [5.41, 5.74) is 5.25. The molecule has 0 atom stereocenters. The van der Waals surface area contributed by atoms with Crippen molar-refractivity contribution >= 4 is 23.0 Å². The maximum absolute atomic E-state index is 12.2. The number of hydrazone groups is 1. The summed E-state index contributed by atoms with van der Waals surface area (Å²) in [6, 6.07) is 15.5. The van der Waals surface area contributed by atoms with Crippen molar-refractivity contribution in [3.63, 3.8) is 0 Å². The van der Waals surface area contributed by atoms with Gasteiger partial charge in [0.2, 0.25) is 0 Å². The van der Waals surface area contributed by atoms with Crippen molar-refractivity contribution in [2.24, 2.45) is 5.10 Å². The van der Waals surface area contributed by atoms with Crippen molar-refractivity contribution in [2.45, 2.75) is 26.8 Å². The topological polar surface area (TPSA) is 55.6 Å². The number of amides is 1. The van der Waals surface area contributed by atoms with Crippen LogP contribution in [0.25, 0.3) is 10.9 Å². The number of benzene rings is 2. The molecule has 134 valence electrons. The fourth-order valence-corrected chi connectivity index (χ4v) is 2.86. The molecule has 0 fully saturated rings. The van der Waals surface area contributed by atoms with Crippen LogP contribution < -0.4 is 10.2 Å². The van der Waals surface area contributed by atoms with Gasteiger partial charge in [0, 0.05) is 34.3 Å². The molecular formula is C21H23N3O2. The monoisotopic (exact) mass is 349 g/mol. The Kier molecular flexibility index (Phi) is 5.37. The minimum atomic E-state index is -0.253. The van der Waals surface area contributed by atoms with Crippen LogP contribution in [0.5, 0.6) is 5.75 Å². The number of ether oxygens (including phenoxy) is 1. The number of carbonyl (C=O) groups excluding carboxylic acids is 1. The Morgan fingerprint density at radius 1 is 1.19 bits per heavy atom. The van der Waals surface area contributed by atoms with E-state index < -0.39 is 0 Å². The van der Waals surface area contributed by atoms with Gasteiger partial charge in [-0.05, 0) is 51.1 Å². The van der Waals surface area contributed by atoms with E-state index in [1.807, 2.05) is 19.1 Å². The molecule has 5 nitrogen and oxygen atoms in total. The van der Waals surface area contributed by atoms with Crippen LogP contribution in [0.4, 0.5) is 0 Å². The van der Waals surface area contributed by atoms with Gasteiger partial charge in [0.1, 0.15) is 5.75 Å². The van der Waals surface area contributed by atoms with E-state index >= 15 is 0 Å². The molecule has 0 saturated heterocycles. The van der Waals surface area contributed by atoms with E-state index in [0.717, 1.165) is 22.2 Å². The summed E-state index contributed by atoms with van der Waals surface area (Å²) in [7, 11) is 0. The average molecular weight is 349 g/mol. The highest BCUT2D eigenvalue weighted by Crippen LogP contribution is 2.23. The predicted molar refractivity (Wildman–Crippen MR) is 105 cm³/mol. The summed E-state index contributed by atoms with van der Waals surface area (Å²) in [6.07, 6.45) is 3.75. The van der Waals surface area contributed by atoms with Crippen molar-refractivity contribution in [3.05, 3.63) is 65.9 Å². The zero-order valence-electron chi connectivity index (χ0n) is 15.3. The fourth-order valence-electron chi connectivity index (χ4n) is 2.86. The normalized spacial score (nSPS) is 11.4. The largest absolute Gasteiger partial charge is 0.494 e. The molecule has 5 heteroatoms. The Morgan fingerprint density at radius 3 is 2.62 bits per heavy atom. The Morgan fingerprint density at radius 2 is 1.92 bits per heavy atom. The number of nitrogens with zero attached hydrogens (tertiary/aromatic N) is 2. The molecule has 1 amide bonds. The first-order valence-corrected chi connectivity index (χ1v) is 8.76. The molecule has 0 spiro atoms. The highest BCUT2D eigenvalue weighted by molar-refractivity contribution is 6.00. The molecule has 1 heterocycles. The molecule has 0 unspecified atom stereocenters. The van der Waals surface area contributed by atoms with Crippen LogP contribution in [0.3, 0.4) is 0 Å². The van der Waals surface area contributed by atoms with Crippen LogP contribution in [0.1, 0.15) is 42.7 Å². The Labute approximate surface area is 153 Å². The standard InChI is InChI=1S/C21H23N3O2/c1-4-26-18-11-9-16(10-12-18)21(25)23-22-13-17-14-24(15(2)3)20-8-6-5-7-19(17)20/h5-15H,4H2,1-3H3,(H,23,25)/b22-13-. The SMILES string of the molecule is CCOc1ccc(C(=O)N/N=C\c2cn(C(C)C)c3ccccc23)cc1. The van der Waals surface area contributed by atoms with Crippen LogP contribution >= 0.6 is 0 Å². The molecule has 3 aromatic rings. The first-order chi connectivity index (χ1) is 12.6. The molecule has 0 aliphatic heterocycles. The molecule has 1 aromatic heterocycles. The molecule has 26 heavy (non-hydrogen) atoms. The lowest BCUT2D eigenvalue weighted by Crippen LogP contribution is -2.17. The number of hydrogen-bond donors (Lipinski definition) is 1. The molecule has 0 saturated carbocycles. The zero-order chi connectivity index (χ0) is 18.5. The number of aromatic nitrogens is 1. The lowest BCUT2D eigenvalue weighted by atomic mass is 10.2. The van der Waals surface area contributed by atoms with Crippen LogP contribution in [0.15, 0.2) is 59.8 Å². The Balaban J connectivity index is 1.74. The summed E-state index contributed by atoms with van der Waals surface area (Å²) in [6.45, 7) is 6.80. The number of para-hydroxylation sites is 1. The van der Waals surface area contributed by atoms with Crippen molar-refractivity contribution in [1.29, 1.82) is 0 Å². The van der Waals surface area contributed by atoms with Crippen molar-refractivity contribution in [1.82, 2.24) is 9.99 Å². The van der Waals surface area contributed by atoms with Gasteiger partial charge in [-0.15, -0.1) is 0 Å². The number of nitrogens with one attached hydrogen (secondary N) is 1. The highest BCUT2D eigenvalue weighted by Gasteiger charge is 2.09. The van der Waals surface area contributed by atoms with E-state index in [1.54, 1.807) is 30.5 Å². The lowest BCUT2D eigenvalue weighted by Gasteiger charge is -2.08. The minimum Gasteiger partial charge on any atom is -0.494 e. The van der Waals surface area contributed by atoms with Gasteiger partial charge in [-0.3, -0.25) is 4.79 Å². The fraction of sp³-hybridized carbons (Fsp3) is 0.238. The van der Waals surface area contributed by atoms with Gasteiger partial charge in [0.05, 0.1) is 12.8 Å². The maximum atomic E-state index is 12.2. The third-order valence-electron chi connectivity index (χ3n) is 4.12. The summed E-state index contributed by atoms with van der Waals surface area (Å²) >= 11 is 0. The number of carbonyl (C=O) groups is 1. The van der Waals surface area contributed by atoms with Crippen LogP contribution in [0.2, 0.25) is 0 Å². The summed E-state index contributed by atoms with van der Waals surface area (Å²) in [5.74, 6) is 0.492. The summed E-state index contributed by atoms with van der Waals surface area (Å²) in [5, 5.41) is 5.24. The van der Waals surface area contributed by atoms with Crippen LogP contribution in [-0.2, 0) is 0 Å². The Bertz CT molecular complexity index is 924. The predicted octanol–water partition coefficient (Wildman–Crippen LogP) is 4.38.